The van der Waals surface area contributed by atoms with Crippen molar-refractivity contribution in [2.24, 2.45) is 5.73 Å². The Morgan fingerprint density at radius 1 is 1.18 bits per heavy atom. The molecule has 1 aromatic carbocycles. The molecule has 2 rings (SSSR count). The van der Waals surface area contributed by atoms with Crippen LogP contribution in [0.1, 0.15) is 37.0 Å². The third-order valence-corrected chi connectivity index (χ3v) is 4.83. The number of carbonyl (C=O) groups is 2. The normalized spacial score (nSPS) is 15.1. The van der Waals surface area contributed by atoms with Crippen molar-refractivity contribution in [1.29, 1.82) is 0 Å². The van der Waals surface area contributed by atoms with E-state index in [2.05, 4.69) is 29.4 Å². The monoisotopic (exact) mass is 434 g/mol. The molecule has 0 saturated carbocycles. The molecule has 28 heavy (non-hydrogen) atoms. The number of nitrogens with one attached hydrogen (secondary N) is 2. The van der Waals surface area contributed by atoms with Crippen LogP contribution >= 0.6 is 24.8 Å². The van der Waals surface area contributed by atoms with Crippen LogP contribution in [0.4, 0.5) is 5.69 Å². The highest BCUT2D eigenvalue weighted by Gasteiger charge is 2.35. The molecule has 4 N–H and O–H groups in total. The van der Waals surface area contributed by atoms with E-state index in [0.717, 1.165) is 19.6 Å². The van der Waals surface area contributed by atoms with Crippen LogP contribution in [-0.4, -0.2) is 61.6 Å². The van der Waals surface area contributed by atoms with Crippen LogP contribution in [0.25, 0.3) is 0 Å². The van der Waals surface area contributed by atoms with E-state index in [1.165, 1.54) is 0 Å². The minimum Gasteiger partial charge on any atom is -0.381 e. The van der Waals surface area contributed by atoms with E-state index < -0.39 is 5.54 Å². The first-order valence-electron chi connectivity index (χ1n) is 9.27. The summed E-state index contributed by atoms with van der Waals surface area (Å²) in [5.74, 6) is -0.387. The first kappa shape index (κ1) is 26.6. The van der Waals surface area contributed by atoms with Crippen molar-refractivity contribution in [3.05, 3.63) is 29.8 Å². The molecule has 160 valence electrons. The fourth-order valence-electron chi connectivity index (χ4n) is 2.93. The van der Waals surface area contributed by atoms with Crippen molar-refractivity contribution in [2.75, 3.05) is 44.7 Å². The second-order valence-corrected chi connectivity index (χ2v) is 6.59. The molecule has 9 heteroatoms. The minimum atomic E-state index is -0.916. The first-order chi connectivity index (χ1) is 12.5. The summed E-state index contributed by atoms with van der Waals surface area (Å²) in [4.78, 5) is 27.0. The number of rotatable bonds is 8. The van der Waals surface area contributed by atoms with E-state index in [1.807, 2.05) is 0 Å². The number of amides is 2. The number of anilines is 1. The van der Waals surface area contributed by atoms with Gasteiger partial charge in [-0.3, -0.25) is 9.59 Å². The second-order valence-electron chi connectivity index (χ2n) is 6.59. The molecule has 7 nitrogen and oxygen atoms in total. The standard InChI is InChI=1S/C19H30N4O3.2ClH/c1-3-23(4-2)11-10-21-17(24)15-6-5-7-16(14-15)22-18(25)19(20)8-12-26-13-9-19;;/h5-7,14H,3-4,8-13,20H2,1-2H3,(H,21,24)(H,22,25);2*1H. The van der Waals surface area contributed by atoms with E-state index in [9.17, 15) is 9.59 Å². The lowest BCUT2D eigenvalue weighted by Crippen LogP contribution is -2.54. The third-order valence-electron chi connectivity index (χ3n) is 4.83. The van der Waals surface area contributed by atoms with Crippen molar-refractivity contribution in [3.8, 4) is 0 Å². The summed E-state index contributed by atoms with van der Waals surface area (Å²) < 4.78 is 5.27. The molecule has 1 aromatic rings. The Morgan fingerprint density at radius 2 is 1.82 bits per heavy atom. The van der Waals surface area contributed by atoms with Crippen LogP contribution in [0.5, 0.6) is 0 Å². The maximum Gasteiger partial charge on any atom is 0.251 e. The van der Waals surface area contributed by atoms with Gasteiger partial charge in [0.15, 0.2) is 0 Å². The van der Waals surface area contributed by atoms with Crippen LogP contribution in [0.15, 0.2) is 24.3 Å². The zero-order valence-electron chi connectivity index (χ0n) is 16.5. The summed E-state index contributed by atoms with van der Waals surface area (Å²) in [6.07, 6.45) is 0.981. The van der Waals surface area contributed by atoms with Gasteiger partial charge in [0.05, 0.1) is 0 Å². The highest BCUT2D eigenvalue weighted by Crippen LogP contribution is 2.20. The van der Waals surface area contributed by atoms with E-state index in [4.69, 9.17) is 10.5 Å². The van der Waals surface area contributed by atoms with Gasteiger partial charge in [0.1, 0.15) is 5.54 Å². The fourth-order valence-corrected chi connectivity index (χ4v) is 2.93. The molecule has 0 unspecified atom stereocenters. The topological polar surface area (TPSA) is 96.7 Å². The van der Waals surface area contributed by atoms with E-state index in [0.29, 0.717) is 43.9 Å². The molecule has 1 aliphatic rings. The number of likely N-dealkylation sites (N-methyl/N-ethyl adjacent to an activating group) is 1. The van der Waals surface area contributed by atoms with Gasteiger partial charge >= 0.3 is 0 Å². The molecule has 2 amide bonds. The number of nitrogens with two attached hydrogens (primary N) is 1. The number of nitrogens with zero attached hydrogens (tertiary/aromatic N) is 1. The summed E-state index contributed by atoms with van der Waals surface area (Å²) in [5, 5.41) is 5.75. The number of hydrogen-bond donors (Lipinski definition) is 3. The molecule has 0 bridgehead atoms. The summed E-state index contributed by atoms with van der Waals surface area (Å²) in [6.45, 7) is 8.48. The van der Waals surface area contributed by atoms with E-state index in [1.54, 1.807) is 24.3 Å². The molecule has 1 heterocycles. The number of halogens is 2. The van der Waals surface area contributed by atoms with Crippen molar-refractivity contribution in [1.82, 2.24) is 10.2 Å². The molecule has 0 radical (unpaired) electrons. The molecule has 0 aliphatic carbocycles. The summed E-state index contributed by atoms with van der Waals surface area (Å²) >= 11 is 0. The average Bonchev–Trinajstić information content (AvgIpc) is 2.66. The lowest BCUT2D eigenvalue weighted by Gasteiger charge is -2.31. The molecule has 0 spiro atoms. The third kappa shape index (κ3) is 7.56. The van der Waals surface area contributed by atoms with Crippen molar-refractivity contribution < 1.29 is 14.3 Å². The Bertz CT molecular complexity index is 621. The van der Waals surface area contributed by atoms with E-state index >= 15 is 0 Å². The van der Waals surface area contributed by atoms with Gasteiger partial charge in [-0.1, -0.05) is 19.9 Å². The number of hydrogen-bond acceptors (Lipinski definition) is 5. The maximum absolute atomic E-state index is 12.5. The van der Waals surface area contributed by atoms with Crippen molar-refractivity contribution >= 4 is 42.3 Å². The first-order valence-corrected chi connectivity index (χ1v) is 9.27. The number of ether oxygens (including phenoxy) is 1. The molecule has 0 atom stereocenters. The molecule has 0 aromatic heterocycles. The van der Waals surface area contributed by atoms with Crippen LogP contribution in [-0.2, 0) is 9.53 Å². The van der Waals surface area contributed by atoms with Gasteiger partial charge in [0, 0.05) is 37.6 Å². The number of carbonyl (C=O) groups excluding carboxylic acids is 2. The van der Waals surface area contributed by atoms with Gasteiger partial charge in [-0.15, -0.1) is 24.8 Å². The van der Waals surface area contributed by atoms with Crippen LogP contribution < -0.4 is 16.4 Å². The quantitative estimate of drug-likeness (QED) is 0.581. The minimum absolute atomic E-state index is 0. The predicted molar refractivity (Wildman–Crippen MR) is 117 cm³/mol. The maximum atomic E-state index is 12.5. The zero-order valence-corrected chi connectivity index (χ0v) is 18.2. The smallest absolute Gasteiger partial charge is 0.251 e. The Balaban J connectivity index is 0.00000364. The largest absolute Gasteiger partial charge is 0.381 e. The Labute approximate surface area is 179 Å². The van der Waals surface area contributed by atoms with E-state index in [-0.39, 0.29) is 36.6 Å². The van der Waals surface area contributed by atoms with Gasteiger partial charge in [-0.25, -0.2) is 0 Å². The van der Waals surface area contributed by atoms with Crippen molar-refractivity contribution in [2.45, 2.75) is 32.2 Å². The lowest BCUT2D eigenvalue weighted by atomic mass is 9.90. The molecule has 1 fully saturated rings. The Hall–Kier alpha value is -1.38. The van der Waals surface area contributed by atoms with Crippen LogP contribution in [0.2, 0.25) is 0 Å². The average molecular weight is 435 g/mol. The lowest BCUT2D eigenvalue weighted by molar-refractivity contribution is -0.124. The summed E-state index contributed by atoms with van der Waals surface area (Å²) in [5.41, 5.74) is 6.36. The molecule has 1 saturated heterocycles. The van der Waals surface area contributed by atoms with Gasteiger partial charge in [-0.05, 0) is 44.1 Å². The van der Waals surface area contributed by atoms with Gasteiger partial charge < -0.3 is 26.0 Å². The van der Waals surface area contributed by atoms with Crippen molar-refractivity contribution in [3.63, 3.8) is 0 Å². The van der Waals surface area contributed by atoms with Gasteiger partial charge in [0.2, 0.25) is 5.91 Å². The summed E-state index contributed by atoms with van der Waals surface area (Å²) in [6, 6.07) is 6.91. The highest BCUT2D eigenvalue weighted by atomic mass is 35.5. The van der Waals surface area contributed by atoms with Gasteiger partial charge in [0.25, 0.3) is 5.91 Å². The number of benzene rings is 1. The van der Waals surface area contributed by atoms with Crippen LogP contribution in [0, 0.1) is 0 Å². The molecule has 1 aliphatic heterocycles. The second kappa shape index (κ2) is 13.0. The van der Waals surface area contributed by atoms with Gasteiger partial charge in [-0.2, -0.15) is 0 Å². The predicted octanol–water partition coefficient (Wildman–Crippen LogP) is 2.05. The fraction of sp³-hybridized carbons (Fsp3) is 0.579. The molecular formula is C19H32Cl2N4O3. The highest BCUT2D eigenvalue weighted by molar-refractivity contribution is 6.00. The summed E-state index contributed by atoms with van der Waals surface area (Å²) in [7, 11) is 0. The zero-order chi connectivity index (χ0) is 19.0. The Morgan fingerprint density at radius 3 is 2.43 bits per heavy atom. The van der Waals surface area contributed by atoms with Crippen LogP contribution in [0.3, 0.4) is 0 Å². The molecular weight excluding hydrogens is 403 g/mol. The SMILES string of the molecule is CCN(CC)CCNC(=O)c1cccc(NC(=O)C2(N)CCOCC2)c1.Cl.Cl. The Kier molecular flexibility index (Phi) is 12.3.